The maximum Gasteiger partial charge on any atom is 0.255 e. The smallest absolute Gasteiger partial charge is 0.255 e. The van der Waals surface area contributed by atoms with Gasteiger partial charge in [-0.05, 0) is 66.5 Å². The van der Waals surface area contributed by atoms with Gasteiger partial charge in [-0.25, -0.2) is 0 Å². The molecule has 0 heterocycles. The molecule has 0 N–H and O–H groups in total. The lowest BCUT2D eigenvalue weighted by Crippen LogP contribution is -2.45. The number of carbonyl (C=O) groups excluding carboxylic acids is 1. The molecule has 2 rings (SSSR count). The summed E-state index contributed by atoms with van der Waals surface area (Å²) < 4.78 is 0.946. The van der Waals surface area contributed by atoms with Gasteiger partial charge in [-0.2, -0.15) is 0 Å². The molecule has 2 nitrogen and oxygen atoms in total. The van der Waals surface area contributed by atoms with Crippen LogP contribution in [-0.2, 0) is 0 Å². The molecule has 0 bridgehead atoms. The lowest BCUT2D eigenvalue weighted by molar-refractivity contribution is 0.0579. The van der Waals surface area contributed by atoms with E-state index in [1.54, 1.807) is 6.07 Å². The molecule has 1 fully saturated rings. The lowest BCUT2D eigenvalue weighted by atomic mass is 9.91. The molecular weight excluding hydrogens is 396 g/mol. The van der Waals surface area contributed by atoms with E-state index in [-0.39, 0.29) is 5.91 Å². The van der Waals surface area contributed by atoms with Crippen molar-refractivity contribution in [1.82, 2.24) is 4.90 Å². The number of hydrogen-bond acceptors (Lipinski definition) is 1. The van der Waals surface area contributed by atoms with Gasteiger partial charge in [0.15, 0.2) is 0 Å². The standard InChI is InChI=1S/C14H16Cl2INO/c15-7-2-8-18(11-3-1-4-11)14(19)12-9-10(16)5-6-13(12)17/h5-6,9,11H,1-4,7-8H2. The Morgan fingerprint density at radius 2 is 2.16 bits per heavy atom. The van der Waals surface area contributed by atoms with E-state index in [0.717, 1.165) is 29.4 Å². The van der Waals surface area contributed by atoms with Crippen LogP contribution in [-0.4, -0.2) is 29.3 Å². The first-order valence-electron chi connectivity index (χ1n) is 6.45. The van der Waals surface area contributed by atoms with Crippen LogP contribution in [0.1, 0.15) is 36.0 Å². The zero-order chi connectivity index (χ0) is 13.8. The summed E-state index contributed by atoms with van der Waals surface area (Å²) in [5, 5.41) is 0.606. The molecule has 1 aromatic rings. The quantitative estimate of drug-likeness (QED) is 0.513. The van der Waals surface area contributed by atoms with Gasteiger partial charge in [-0.15, -0.1) is 11.6 Å². The maximum atomic E-state index is 12.7. The first kappa shape index (κ1) is 15.4. The second kappa shape index (κ2) is 7.14. The number of hydrogen-bond donors (Lipinski definition) is 0. The summed E-state index contributed by atoms with van der Waals surface area (Å²) in [6, 6.07) is 5.84. The fourth-order valence-electron chi connectivity index (χ4n) is 2.19. The Bertz CT molecular complexity index is 463. The molecule has 1 amide bonds. The van der Waals surface area contributed by atoms with Crippen LogP contribution in [0.25, 0.3) is 0 Å². The van der Waals surface area contributed by atoms with Crippen molar-refractivity contribution in [3.63, 3.8) is 0 Å². The van der Waals surface area contributed by atoms with Crippen molar-refractivity contribution in [2.45, 2.75) is 31.7 Å². The molecule has 1 aliphatic rings. The number of nitrogens with zero attached hydrogens (tertiary/aromatic N) is 1. The molecule has 1 aliphatic carbocycles. The van der Waals surface area contributed by atoms with Crippen LogP contribution in [0.4, 0.5) is 0 Å². The van der Waals surface area contributed by atoms with Crippen molar-refractivity contribution in [3.05, 3.63) is 32.4 Å². The minimum atomic E-state index is 0.0849. The van der Waals surface area contributed by atoms with Gasteiger partial charge in [0.1, 0.15) is 0 Å². The molecular formula is C14H16Cl2INO. The summed E-state index contributed by atoms with van der Waals surface area (Å²) in [5.74, 6) is 0.671. The van der Waals surface area contributed by atoms with Gasteiger partial charge in [0.05, 0.1) is 5.56 Å². The zero-order valence-electron chi connectivity index (χ0n) is 10.5. The highest BCUT2D eigenvalue weighted by Crippen LogP contribution is 2.28. The fourth-order valence-corrected chi connectivity index (χ4v) is 3.05. The average molecular weight is 412 g/mol. The number of amides is 1. The van der Waals surface area contributed by atoms with Crippen LogP contribution in [0.2, 0.25) is 5.02 Å². The van der Waals surface area contributed by atoms with Crippen LogP contribution in [0.3, 0.4) is 0 Å². The van der Waals surface area contributed by atoms with Gasteiger partial charge >= 0.3 is 0 Å². The van der Waals surface area contributed by atoms with Crippen LogP contribution in [0, 0.1) is 3.57 Å². The fraction of sp³-hybridized carbons (Fsp3) is 0.500. The topological polar surface area (TPSA) is 20.3 Å². The van der Waals surface area contributed by atoms with E-state index in [1.165, 1.54) is 6.42 Å². The summed E-state index contributed by atoms with van der Waals surface area (Å²) in [7, 11) is 0. The Hall–Kier alpha value is -0.000000000000000111. The summed E-state index contributed by atoms with van der Waals surface area (Å²) in [6.45, 7) is 0.732. The second-order valence-corrected chi connectivity index (χ2v) is 6.73. The van der Waals surface area contributed by atoms with Gasteiger partial charge in [-0.1, -0.05) is 11.6 Å². The van der Waals surface area contributed by atoms with E-state index < -0.39 is 0 Å². The predicted octanol–water partition coefficient (Wildman–Crippen LogP) is 4.57. The first-order chi connectivity index (χ1) is 9.13. The summed E-state index contributed by atoms with van der Waals surface area (Å²) in [5.41, 5.74) is 0.703. The Morgan fingerprint density at radius 1 is 1.42 bits per heavy atom. The summed E-state index contributed by atoms with van der Waals surface area (Å²) in [4.78, 5) is 14.6. The lowest BCUT2D eigenvalue weighted by Gasteiger charge is -2.37. The second-order valence-electron chi connectivity index (χ2n) is 4.75. The van der Waals surface area contributed by atoms with Crippen LogP contribution in [0.5, 0.6) is 0 Å². The van der Waals surface area contributed by atoms with E-state index in [9.17, 15) is 4.79 Å². The number of halogens is 3. The minimum Gasteiger partial charge on any atom is -0.336 e. The normalized spacial score (nSPS) is 15.1. The molecule has 104 valence electrons. The average Bonchev–Trinajstić information content (AvgIpc) is 2.34. The van der Waals surface area contributed by atoms with Crippen molar-refractivity contribution in [1.29, 1.82) is 0 Å². The van der Waals surface area contributed by atoms with E-state index in [1.807, 2.05) is 17.0 Å². The summed E-state index contributed by atoms with van der Waals surface area (Å²) >= 11 is 13.9. The third-order valence-electron chi connectivity index (χ3n) is 3.47. The van der Waals surface area contributed by atoms with Gasteiger partial charge in [-0.3, -0.25) is 4.79 Å². The third-order valence-corrected chi connectivity index (χ3v) is 4.91. The minimum absolute atomic E-state index is 0.0849. The largest absolute Gasteiger partial charge is 0.336 e. The van der Waals surface area contributed by atoms with Gasteiger partial charge in [0.2, 0.25) is 0 Å². The SMILES string of the molecule is O=C(c1cc(Cl)ccc1I)N(CCCCl)C1CCC1. The highest BCUT2D eigenvalue weighted by molar-refractivity contribution is 14.1. The van der Waals surface area contributed by atoms with Crippen molar-refractivity contribution < 1.29 is 4.79 Å². The third kappa shape index (κ3) is 3.76. The highest BCUT2D eigenvalue weighted by Gasteiger charge is 2.29. The van der Waals surface area contributed by atoms with Gasteiger partial charge < -0.3 is 4.90 Å². The van der Waals surface area contributed by atoms with Gasteiger partial charge in [0.25, 0.3) is 5.91 Å². The van der Waals surface area contributed by atoms with Crippen LogP contribution >= 0.6 is 45.8 Å². The Labute approximate surface area is 137 Å². The number of alkyl halides is 1. The first-order valence-corrected chi connectivity index (χ1v) is 8.44. The van der Waals surface area contributed by atoms with E-state index in [0.29, 0.717) is 22.5 Å². The molecule has 0 radical (unpaired) electrons. The van der Waals surface area contributed by atoms with Gasteiger partial charge in [0, 0.05) is 27.1 Å². The van der Waals surface area contributed by atoms with Crippen LogP contribution in [0.15, 0.2) is 18.2 Å². The van der Waals surface area contributed by atoms with E-state index >= 15 is 0 Å². The Morgan fingerprint density at radius 3 is 2.74 bits per heavy atom. The van der Waals surface area contributed by atoms with Crippen molar-refractivity contribution in [2.24, 2.45) is 0 Å². The molecule has 0 saturated heterocycles. The van der Waals surface area contributed by atoms with E-state index in [2.05, 4.69) is 22.6 Å². The highest BCUT2D eigenvalue weighted by atomic mass is 127. The van der Waals surface area contributed by atoms with Crippen molar-refractivity contribution in [2.75, 3.05) is 12.4 Å². The monoisotopic (exact) mass is 411 g/mol. The van der Waals surface area contributed by atoms with Crippen molar-refractivity contribution >= 4 is 51.7 Å². The molecule has 0 atom stereocenters. The molecule has 0 aromatic heterocycles. The number of carbonyl (C=O) groups is 1. The molecule has 0 spiro atoms. The molecule has 1 aromatic carbocycles. The summed E-state index contributed by atoms with van der Waals surface area (Å²) in [6.07, 6.45) is 4.25. The van der Waals surface area contributed by atoms with Crippen molar-refractivity contribution in [3.8, 4) is 0 Å². The molecule has 0 unspecified atom stereocenters. The maximum absolute atomic E-state index is 12.7. The van der Waals surface area contributed by atoms with E-state index in [4.69, 9.17) is 23.2 Å². The Kier molecular flexibility index (Phi) is 5.78. The van der Waals surface area contributed by atoms with Crippen LogP contribution < -0.4 is 0 Å². The Balaban J connectivity index is 2.19. The molecule has 1 saturated carbocycles. The zero-order valence-corrected chi connectivity index (χ0v) is 14.2. The predicted molar refractivity (Wildman–Crippen MR) is 88.2 cm³/mol. The molecule has 19 heavy (non-hydrogen) atoms. The molecule has 5 heteroatoms. The number of rotatable bonds is 5. The molecule has 0 aliphatic heterocycles. The number of benzene rings is 1.